The van der Waals surface area contributed by atoms with Crippen LogP contribution in [0.2, 0.25) is 0 Å². The van der Waals surface area contributed by atoms with Crippen LogP contribution in [0.15, 0.2) is 24.3 Å². The van der Waals surface area contributed by atoms with E-state index in [0.29, 0.717) is 18.7 Å². The first-order valence-electron chi connectivity index (χ1n) is 6.41. The van der Waals surface area contributed by atoms with E-state index in [1.165, 1.54) is 0 Å². The Kier molecular flexibility index (Phi) is 6.92. The Morgan fingerprint density at radius 3 is 2.53 bits per heavy atom. The van der Waals surface area contributed by atoms with E-state index in [-0.39, 0.29) is 5.91 Å². The van der Waals surface area contributed by atoms with E-state index in [1.807, 2.05) is 38.4 Å². The zero-order chi connectivity index (χ0) is 14.1. The zero-order valence-electron chi connectivity index (χ0n) is 11.9. The second-order valence-corrected chi connectivity index (χ2v) is 4.38. The lowest BCUT2D eigenvalue weighted by Crippen LogP contribution is -2.34. The van der Waals surface area contributed by atoms with Gasteiger partial charge in [0.25, 0.3) is 5.91 Å². The average Bonchev–Trinajstić information content (AvgIpc) is 2.45. The smallest absolute Gasteiger partial charge is 0.251 e. The Morgan fingerprint density at radius 1 is 1.26 bits per heavy atom. The van der Waals surface area contributed by atoms with Crippen LogP contribution in [0.4, 0.5) is 5.69 Å². The minimum absolute atomic E-state index is 0.0391. The molecule has 0 aromatic heterocycles. The maximum absolute atomic E-state index is 11.9. The summed E-state index contributed by atoms with van der Waals surface area (Å²) in [7, 11) is 5.54. The molecule has 5 nitrogen and oxygen atoms in total. The third kappa shape index (κ3) is 5.72. The predicted octanol–water partition coefficient (Wildman–Crippen LogP) is 1.04. The molecule has 1 rings (SSSR count). The first-order chi connectivity index (χ1) is 9.17. The van der Waals surface area contributed by atoms with E-state index >= 15 is 0 Å². The van der Waals surface area contributed by atoms with E-state index in [9.17, 15) is 4.79 Å². The number of nitrogens with one attached hydrogen (secondary N) is 2. The van der Waals surface area contributed by atoms with Crippen molar-refractivity contribution in [2.75, 3.05) is 52.8 Å². The fourth-order valence-corrected chi connectivity index (χ4v) is 1.61. The molecule has 1 aromatic rings. The molecular formula is C14H23N3O2. The van der Waals surface area contributed by atoms with Crippen LogP contribution in [-0.2, 0) is 4.74 Å². The minimum Gasteiger partial charge on any atom is -0.388 e. The molecule has 0 bridgehead atoms. The molecule has 0 saturated carbocycles. The quantitative estimate of drug-likeness (QED) is 0.737. The fraction of sp³-hybridized carbons (Fsp3) is 0.500. The van der Waals surface area contributed by atoms with Crippen LogP contribution in [0.1, 0.15) is 10.4 Å². The summed E-state index contributed by atoms with van der Waals surface area (Å²) in [6.07, 6.45) is 0. The lowest BCUT2D eigenvalue weighted by molar-refractivity contribution is 0.0947. The van der Waals surface area contributed by atoms with Crippen molar-refractivity contribution in [3.05, 3.63) is 29.8 Å². The second kappa shape index (κ2) is 8.50. The summed E-state index contributed by atoms with van der Waals surface area (Å²) >= 11 is 0. The van der Waals surface area contributed by atoms with Gasteiger partial charge in [-0.15, -0.1) is 0 Å². The van der Waals surface area contributed by atoms with Crippen molar-refractivity contribution in [3.8, 4) is 0 Å². The van der Waals surface area contributed by atoms with Crippen molar-refractivity contribution >= 4 is 11.6 Å². The first-order valence-corrected chi connectivity index (χ1v) is 6.41. The molecule has 0 unspecified atom stereocenters. The fourth-order valence-electron chi connectivity index (χ4n) is 1.61. The van der Waals surface area contributed by atoms with Crippen molar-refractivity contribution in [1.29, 1.82) is 0 Å². The summed E-state index contributed by atoms with van der Waals surface area (Å²) in [6, 6.07) is 7.41. The number of ether oxygens (including phenoxy) is 1. The van der Waals surface area contributed by atoms with Crippen molar-refractivity contribution in [2.24, 2.45) is 0 Å². The van der Waals surface area contributed by atoms with Gasteiger partial charge in [-0.25, -0.2) is 0 Å². The molecule has 0 spiro atoms. The number of benzene rings is 1. The van der Waals surface area contributed by atoms with Gasteiger partial charge in [0.2, 0.25) is 0 Å². The van der Waals surface area contributed by atoms with Gasteiger partial charge in [-0.2, -0.15) is 0 Å². The number of hydrogen-bond acceptors (Lipinski definition) is 4. The van der Waals surface area contributed by atoms with Crippen molar-refractivity contribution in [2.45, 2.75) is 0 Å². The molecule has 0 fully saturated rings. The molecule has 0 aliphatic heterocycles. The van der Waals surface area contributed by atoms with Crippen LogP contribution >= 0.6 is 0 Å². The summed E-state index contributed by atoms with van der Waals surface area (Å²) in [5.74, 6) is -0.0391. The summed E-state index contributed by atoms with van der Waals surface area (Å²) in [6.45, 7) is 3.01. The van der Waals surface area contributed by atoms with E-state index in [0.717, 1.165) is 18.8 Å². The molecular weight excluding hydrogens is 242 g/mol. The summed E-state index contributed by atoms with van der Waals surface area (Å²) in [5, 5.41) is 5.92. The van der Waals surface area contributed by atoms with Gasteiger partial charge in [0, 0.05) is 45.0 Å². The number of carbonyl (C=O) groups excluding carboxylic acids is 1. The van der Waals surface area contributed by atoms with Crippen molar-refractivity contribution in [3.63, 3.8) is 0 Å². The number of anilines is 1. The summed E-state index contributed by atoms with van der Waals surface area (Å²) < 4.78 is 5.00. The lowest BCUT2D eigenvalue weighted by Gasteiger charge is -2.16. The average molecular weight is 265 g/mol. The van der Waals surface area contributed by atoms with Gasteiger partial charge in [-0.05, 0) is 31.3 Å². The van der Waals surface area contributed by atoms with Crippen LogP contribution in [0.5, 0.6) is 0 Å². The Balaban J connectivity index is 2.30. The van der Waals surface area contributed by atoms with Gasteiger partial charge in [-0.3, -0.25) is 4.79 Å². The van der Waals surface area contributed by atoms with E-state index in [4.69, 9.17) is 4.74 Å². The number of methoxy groups -OCH3 is 1. The molecule has 0 atom stereocenters. The molecule has 106 valence electrons. The van der Waals surface area contributed by atoms with Crippen molar-refractivity contribution in [1.82, 2.24) is 10.2 Å². The topological polar surface area (TPSA) is 53.6 Å². The molecule has 0 radical (unpaired) electrons. The highest BCUT2D eigenvalue weighted by Crippen LogP contribution is 2.08. The van der Waals surface area contributed by atoms with Crippen LogP contribution in [0.3, 0.4) is 0 Å². The van der Waals surface area contributed by atoms with Crippen LogP contribution in [0.25, 0.3) is 0 Å². The van der Waals surface area contributed by atoms with Crippen LogP contribution in [-0.4, -0.2) is 58.3 Å². The molecule has 1 amide bonds. The Labute approximate surface area is 114 Å². The van der Waals surface area contributed by atoms with Gasteiger partial charge in [0.1, 0.15) is 0 Å². The number of amides is 1. The first kappa shape index (κ1) is 15.5. The molecule has 19 heavy (non-hydrogen) atoms. The molecule has 0 aliphatic carbocycles. The summed E-state index contributed by atoms with van der Waals surface area (Å²) in [5.41, 5.74) is 1.68. The normalized spacial score (nSPS) is 10.5. The Bertz CT molecular complexity index is 379. The Hall–Kier alpha value is -1.59. The van der Waals surface area contributed by atoms with Gasteiger partial charge < -0.3 is 20.3 Å². The number of likely N-dealkylation sites (N-methyl/N-ethyl adjacent to an activating group) is 1. The van der Waals surface area contributed by atoms with E-state index < -0.39 is 0 Å². The van der Waals surface area contributed by atoms with Gasteiger partial charge in [0.05, 0.1) is 6.61 Å². The molecule has 2 N–H and O–H groups in total. The molecule has 0 heterocycles. The molecule has 0 saturated heterocycles. The largest absolute Gasteiger partial charge is 0.388 e. The molecule has 1 aromatic carbocycles. The second-order valence-electron chi connectivity index (χ2n) is 4.38. The highest BCUT2D eigenvalue weighted by atomic mass is 16.5. The number of hydrogen-bond donors (Lipinski definition) is 2. The number of rotatable bonds is 8. The monoisotopic (exact) mass is 265 g/mol. The SMILES string of the molecule is CNc1ccc(C(=O)NCCN(C)CCOC)cc1. The lowest BCUT2D eigenvalue weighted by atomic mass is 10.2. The zero-order valence-corrected chi connectivity index (χ0v) is 11.9. The van der Waals surface area contributed by atoms with Crippen LogP contribution < -0.4 is 10.6 Å². The van der Waals surface area contributed by atoms with Gasteiger partial charge >= 0.3 is 0 Å². The van der Waals surface area contributed by atoms with E-state index in [1.54, 1.807) is 7.11 Å². The number of nitrogens with zero attached hydrogens (tertiary/aromatic N) is 1. The van der Waals surface area contributed by atoms with Crippen molar-refractivity contribution < 1.29 is 9.53 Å². The highest BCUT2D eigenvalue weighted by Gasteiger charge is 2.05. The minimum atomic E-state index is -0.0391. The van der Waals surface area contributed by atoms with Gasteiger partial charge in [0.15, 0.2) is 0 Å². The predicted molar refractivity (Wildman–Crippen MR) is 77.7 cm³/mol. The van der Waals surface area contributed by atoms with Crippen LogP contribution in [0, 0.1) is 0 Å². The third-order valence-corrected chi connectivity index (χ3v) is 2.89. The third-order valence-electron chi connectivity index (χ3n) is 2.89. The standard InChI is InChI=1S/C14H23N3O2/c1-15-13-6-4-12(5-7-13)14(18)16-8-9-17(2)10-11-19-3/h4-7,15H,8-11H2,1-3H3,(H,16,18). The highest BCUT2D eigenvalue weighted by molar-refractivity contribution is 5.94. The Morgan fingerprint density at radius 2 is 1.95 bits per heavy atom. The molecule has 5 heteroatoms. The number of carbonyl (C=O) groups is 1. The van der Waals surface area contributed by atoms with E-state index in [2.05, 4.69) is 15.5 Å². The maximum atomic E-state index is 11.9. The van der Waals surface area contributed by atoms with Gasteiger partial charge in [-0.1, -0.05) is 0 Å². The summed E-state index contributed by atoms with van der Waals surface area (Å²) in [4.78, 5) is 14.0. The maximum Gasteiger partial charge on any atom is 0.251 e. The molecule has 0 aliphatic rings.